The number of carbonyl (C=O) groups is 1. The molecule has 0 saturated carbocycles. The van der Waals surface area contributed by atoms with E-state index in [0.29, 0.717) is 18.0 Å². The monoisotopic (exact) mass is 210 g/mol. The third-order valence-electron chi connectivity index (χ3n) is 2.22. The fourth-order valence-corrected chi connectivity index (χ4v) is 1.76. The van der Waals surface area contributed by atoms with E-state index in [0.717, 1.165) is 5.56 Å². The average Bonchev–Trinajstić information content (AvgIpc) is 2.18. The van der Waals surface area contributed by atoms with Crippen LogP contribution in [0.25, 0.3) is 0 Å². The predicted octanol–water partition coefficient (Wildman–Crippen LogP) is 1.45. The molecule has 1 fully saturated rings. The van der Waals surface area contributed by atoms with Crippen LogP contribution < -0.4 is 10.6 Å². The summed E-state index contributed by atoms with van der Waals surface area (Å²) in [6.45, 7) is 0.696. The molecule has 1 saturated heterocycles. The second kappa shape index (κ2) is 3.98. The van der Waals surface area contributed by atoms with Gasteiger partial charge in [0, 0.05) is 23.6 Å². The summed E-state index contributed by atoms with van der Waals surface area (Å²) in [5.74, 6) is 0.0636. The first-order valence-electron chi connectivity index (χ1n) is 4.54. The largest absolute Gasteiger partial charge is 0.337 e. The molecule has 1 aromatic rings. The van der Waals surface area contributed by atoms with Crippen LogP contribution >= 0.6 is 11.6 Å². The van der Waals surface area contributed by atoms with Crippen LogP contribution in [0.5, 0.6) is 0 Å². The molecule has 3 nitrogen and oxygen atoms in total. The smallest absolute Gasteiger partial charge is 0.222 e. The number of hydrogen-bond donors (Lipinski definition) is 2. The van der Waals surface area contributed by atoms with Gasteiger partial charge in [-0.1, -0.05) is 29.8 Å². The zero-order valence-electron chi connectivity index (χ0n) is 7.59. The van der Waals surface area contributed by atoms with Crippen LogP contribution in [0.2, 0.25) is 5.02 Å². The molecule has 0 spiro atoms. The van der Waals surface area contributed by atoms with Crippen molar-refractivity contribution in [3.63, 3.8) is 0 Å². The molecule has 0 radical (unpaired) electrons. The van der Waals surface area contributed by atoms with Crippen molar-refractivity contribution in [1.82, 2.24) is 10.6 Å². The van der Waals surface area contributed by atoms with Crippen molar-refractivity contribution in [1.29, 1.82) is 0 Å². The maximum Gasteiger partial charge on any atom is 0.222 e. The first-order chi connectivity index (χ1) is 6.77. The molecular formula is C10H11ClN2O. The van der Waals surface area contributed by atoms with Crippen LogP contribution in [0.3, 0.4) is 0 Å². The molecule has 1 aromatic carbocycles. The highest BCUT2D eigenvalue weighted by Gasteiger charge is 2.20. The number of rotatable bonds is 1. The fraction of sp³-hybridized carbons (Fsp3) is 0.300. The predicted molar refractivity (Wildman–Crippen MR) is 55.0 cm³/mol. The van der Waals surface area contributed by atoms with Crippen LogP contribution in [0.1, 0.15) is 18.2 Å². The number of hydrogen-bond acceptors (Lipinski definition) is 2. The lowest BCUT2D eigenvalue weighted by atomic mass is 10.1. The summed E-state index contributed by atoms with van der Waals surface area (Å²) in [4.78, 5) is 11.2. The molecule has 1 heterocycles. The van der Waals surface area contributed by atoms with Gasteiger partial charge in [0.25, 0.3) is 0 Å². The number of carbonyl (C=O) groups excluding carboxylic acids is 1. The molecule has 0 bridgehead atoms. The highest BCUT2D eigenvalue weighted by Crippen LogP contribution is 2.21. The van der Waals surface area contributed by atoms with Gasteiger partial charge in [-0.3, -0.25) is 10.1 Å². The first-order valence-corrected chi connectivity index (χ1v) is 4.92. The third-order valence-corrected chi connectivity index (χ3v) is 2.57. The van der Waals surface area contributed by atoms with Crippen molar-refractivity contribution in [2.45, 2.75) is 12.6 Å². The Labute approximate surface area is 87.4 Å². The summed E-state index contributed by atoms with van der Waals surface area (Å²) in [5, 5.41) is 6.70. The molecule has 1 aliphatic rings. The van der Waals surface area contributed by atoms with Crippen molar-refractivity contribution in [3.05, 3.63) is 34.9 Å². The number of amides is 1. The van der Waals surface area contributed by atoms with Crippen LogP contribution in [-0.2, 0) is 4.79 Å². The second-order valence-corrected chi connectivity index (χ2v) is 3.63. The summed E-state index contributed by atoms with van der Waals surface area (Å²) < 4.78 is 0. The summed E-state index contributed by atoms with van der Waals surface area (Å²) in [7, 11) is 0. The maximum absolute atomic E-state index is 11.2. The lowest BCUT2D eigenvalue weighted by Crippen LogP contribution is -2.44. The highest BCUT2D eigenvalue weighted by molar-refractivity contribution is 6.31. The molecule has 1 atom stereocenters. The Morgan fingerprint density at radius 3 is 2.86 bits per heavy atom. The Bertz CT molecular complexity index is 354. The van der Waals surface area contributed by atoms with Crippen molar-refractivity contribution in [2.24, 2.45) is 0 Å². The molecule has 1 aliphatic heterocycles. The SMILES string of the molecule is O=C1CCNC(c2ccccc2Cl)N1. The summed E-state index contributed by atoms with van der Waals surface area (Å²) in [6.07, 6.45) is 0.381. The Balaban J connectivity index is 2.22. The van der Waals surface area contributed by atoms with Crippen LogP contribution in [0.4, 0.5) is 0 Å². The standard InChI is InChI=1S/C10H11ClN2O/c11-8-4-2-1-3-7(8)10-12-6-5-9(14)13-10/h1-4,10,12H,5-6H2,(H,13,14). The van der Waals surface area contributed by atoms with Crippen molar-refractivity contribution in [2.75, 3.05) is 6.54 Å². The minimum Gasteiger partial charge on any atom is -0.337 e. The zero-order valence-corrected chi connectivity index (χ0v) is 8.34. The molecule has 1 unspecified atom stereocenters. The van der Waals surface area contributed by atoms with Crippen LogP contribution in [0, 0.1) is 0 Å². The number of nitrogens with one attached hydrogen (secondary N) is 2. The van der Waals surface area contributed by atoms with Crippen molar-refractivity contribution < 1.29 is 4.79 Å². The first kappa shape index (κ1) is 9.49. The van der Waals surface area contributed by atoms with Crippen LogP contribution in [-0.4, -0.2) is 12.5 Å². The lowest BCUT2D eigenvalue weighted by Gasteiger charge is -2.25. The molecule has 2 rings (SSSR count). The Hall–Kier alpha value is -1.06. The van der Waals surface area contributed by atoms with Gasteiger partial charge < -0.3 is 5.32 Å². The third kappa shape index (κ3) is 1.89. The molecule has 0 aromatic heterocycles. The van der Waals surface area contributed by atoms with E-state index in [9.17, 15) is 4.79 Å². The average molecular weight is 211 g/mol. The molecule has 74 valence electrons. The Morgan fingerprint density at radius 1 is 1.36 bits per heavy atom. The van der Waals surface area contributed by atoms with E-state index in [1.807, 2.05) is 24.3 Å². The quantitative estimate of drug-likeness (QED) is 0.737. The minimum absolute atomic E-state index is 0.0636. The van der Waals surface area contributed by atoms with E-state index >= 15 is 0 Å². The highest BCUT2D eigenvalue weighted by atomic mass is 35.5. The number of benzene rings is 1. The van der Waals surface area contributed by atoms with Gasteiger partial charge in [-0.2, -0.15) is 0 Å². The second-order valence-electron chi connectivity index (χ2n) is 3.23. The minimum atomic E-state index is -0.148. The van der Waals surface area contributed by atoms with Gasteiger partial charge in [0.05, 0.1) is 0 Å². The molecule has 1 amide bonds. The van der Waals surface area contributed by atoms with Gasteiger partial charge in [-0.25, -0.2) is 0 Å². The van der Waals surface area contributed by atoms with E-state index in [-0.39, 0.29) is 12.1 Å². The number of halogens is 1. The van der Waals surface area contributed by atoms with Crippen molar-refractivity contribution >= 4 is 17.5 Å². The molecule has 14 heavy (non-hydrogen) atoms. The summed E-state index contributed by atoms with van der Waals surface area (Å²) in [6, 6.07) is 7.51. The lowest BCUT2D eigenvalue weighted by molar-refractivity contribution is -0.123. The zero-order chi connectivity index (χ0) is 9.97. The topological polar surface area (TPSA) is 41.1 Å². The van der Waals surface area contributed by atoms with Gasteiger partial charge >= 0.3 is 0 Å². The van der Waals surface area contributed by atoms with Gasteiger partial charge in [0.2, 0.25) is 5.91 Å². The van der Waals surface area contributed by atoms with E-state index in [4.69, 9.17) is 11.6 Å². The maximum atomic E-state index is 11.2. The summed E-state index contributed by atoms with van der Waals surface area (Å²) in [5.41, 5.74) is 0.919. The van der Waals surface area contributed by atoms with Gasteiger partial charge in [0.15, 0.2) is 0 Å². The summed E-state index contributed by atoms with van der Waals surface area (Å²) >= 11 is 6.01. The fourth-order valence-electron chi connectivity index (χ4n) is 1.51. The van der Waals surface area contributed by atoms with E-state index < -0.39 is 0 Å². The molecule has 2 N–H and O–H groups in total. The molecule has 0 aliphatic carbocycles. The van der Waals surface area contributed by atoms with E-state index in [2.05, 4.69) is 10.6 Å². The Morgan fingerprint density at radius 2 is 2.14 bits per heavy atom. The van der Waals surface area contributed by atoms with E-state index in [1.165, 1.54) is 0 Å². The molecule has 4 heteroatoms. The van der Waals surface area contributed by atoms with Gasteiger partial charge in [-0.05, 0) is 6.07 Å². The normalized spacial score (nSPS) is 21.8. The van der Waals surface area contributed by atoms with Gasteiger partial charge in [0.1, 0.15) is 6.17 Å². The van der Waals surface area contributed by atoms with Gasteiger partial charge in [-0.15, -0.1) is 0 Å². The van der Waals surface area contributed by atoms with Crippen LogP contribution in [0.15, 0.2) is 24.3 Å². The van der Waals surface area contributed by atoms with E-state index in [1.54, 1.807) is 0 Å². The molecular weight excluding hydrogens is 200 g/mol. The van der Waals surface area contributed by atoms with Crippen molar-refractivity contribution in [3.8, 4) is 0 Å². The Kier molecular flexibility index (Phi) is 2.70.